The van der Waals surface area contributed by atoms with Crippen LogP contribution in [0.5, 0.6) is 5.75 Å². The lowest BCUT2D eigenvalue weighted by Crippen LogP contribution is -2.32. The normalized spacial score (nSPS) is 12.1. The van der Waals surface area contributed by atoms with Gasteiger partial charge in [0.15, 0.2) is 0 Å². The maximum absolute atomic E-state index is 12.8. The lowest BCUT2D eigenvalue weighted by molar-refractivity contribution is 0.0942. The number of rotatable bonds is 6. The Morgan fingerprint density at radius 3 is 2.79 bits per heavy atom. The fourth-order valence-corrected chi connectivity index (χ4v) is 4.07. The van der Waals surface area contributed by atoms with Crippen molar-refractivity contribution >= 4 is 28.3 Å². The molecule has 0 saturated heterocycles. The molecule has 1 aromatic carbocycles. The molecule has 0 fully saturated rings. The molecule has 6 nitrogen and oxygen atoms in total. The molecule has 4 aromatic rings. The number of amides is 1. The molecule has 3 aromatic heterocycles. The van der Waals surface area contributed by atoms with E-state index in [2.05, 4.69) is 15.3 Å². The number of pyridine rings is 1. The second kappa shape index (κ2) is 7.84. The minimum absolute atomic E-state index is 0.137. The van der Waals surface area contributed by atoms with Crippen LogP contribution in [0.3, 0.4) is 0 Å². The molecule has 28 heavy (non-hydrogen) atoms. The Bertz CT molecular complexity index is 1100. The predicted molar refractivity (Wildman–Crippen MR) is 112 cm³/mol. The molecule has 0 aliphatic carbocycles. The number of nitrogens with one attached hydrogen (secondary N) is 2. The van der Waals surface area contributed by atoms with E-state index in [0.717, 1.165) is 32.8 Å². The fourth-order valence-electron chi connectivity index (χ4n) is 3.12. The summed E-state index contributed by atoms with van der Waals surface area (Å²) in [5.74, 6) is 0.629. The van der Waals surface area contributed by atoms with Crippen LogP contribution in [0.25, 0.3) is 21.5 Å². The zero-order chi connectivity index (χ0) is 19.5. The molecule has 0 aliphatic rings. The summed E-state index contributed by atoms with van der Waals surface area (Å²) in [5, 5.41) is 4.06. The lowest BCUT2D eigenvalue weighted by Gasteiger charge is -2.17. The molecule has 142 valence electrons. The number of H-pyrrole nitrogens is 1. The number of nitrogens with zero attached hydrogens (tertiary/aromatic N) is 1. The van der Waals surface area contributed by atoms with Crippen LogP contribution in [0, 0.1) is 0 Å². The zero-order valence-electron chi connectivity index (χ0n) is 15.3. The first-order valence-electron chi connectivity index (χ1n) is 8.87. The van der Waals surface area contributed by atoms with Crippen molar-refractivity contribution in [3.8, 4) is 16.2 Å². The molecule has 3 heterocycles. The van der Waals surface area contributed by atoms with E-state index in [0.29, 0.717) is 11.4 Å². The van der Waals surface area contributed by atoms with Gasteiger partial charge in [-0.3, -0.25) is 4.79 Å². The first-order valence-corrected chi connectivity index (χ1v) is 9.68. The van der Waals surface area contributed by atoms with Gasteiger partial charge in [-0.2, -0.15) is 0 Å². The number of hydrogen-bond donors (Lipinski definition) is 3. The quantitative estimate of drug-likeness (QED) is 0.466. The number of nitrogens with two attached hydrogens (primary N) is 1. The summed E-state index contributed by atoms with van der Waals surface area (Å²) in [4.78, 5) is 21.9. The smallest absolute Gasteiger partial charge is 0.261 e. The summed E-state index contributed by atoms with van der Waals surface area (Å²) < 4.78 is 5.18. The Morgan fingerprint density at radius 2 is 2.04 bits per heavy atom. The molecule has 0 aliphatic heterocycles. The minimum Gasteiger partial charge on any atom is -0.497 e. The molecule has 0 bridgehead atoms. The van der Waals surface area contributed by atoms with E-state index in [4.69, 9.17) is 10.5 Å². The molecule has 1 atom stereocenters. The lowest BCUT2D eigenvalue weighted by atomic mass is 10.1. The summed E-state index contributed by atoms with van der Waals surface area (Å²) in [6.45, 7) is 0.310. The van der Waals surface area contributed by atoms with Crippen molar-refractivity contribution in [1.82, 2.24) is 15.3 Å². The van der Waals surface area contributed by atoms with Crippen molar-refractivity contribution in [1.29, 1.82) is 0 Å². The summed E-state index contributed by atoms with van der Waals surface area (Å²) in [5.41, 5.74) is 8.73. The van der Waals surface area contributed by atoms with Crippen molar-refractivity contribution in [2.24, 2.45) is 5.73 Å². The molecule has 0 spiro atoms. The van der Waals surface area contributed by atoms with Gasteiger partial charge < -0.3 is 20.8 Å². The fraction of sp³-hybridized carbons (Fsp3) is 0.143. The molecule has 4 N–H and O–H groups in total. The van der Waals surface area contributed by atoms with E-state index in [9.17, 15) is 4.79 Å². The van der Waals surface area contributed by atoms with Gasteiger partial charge in [-0.25, -0.2) is 4.98 Å². The monoisotopic (exact) mass is 392 g/mol. The minimum atomic E-state index is -0.263. The first kappa shape index (κ1) is 18.2. The van der Waals surface area contributed by atoms with Crippen LogP contribution < -0.4 is 15.8 Å². The molecule has 0 radical (unpaired) electrons. The third-order valence-electron chi connectivity index (χ3n) is 4.61. The largest absolute Gasteiger partial charge is 0.497 e. The van der Waals surface area contributed by atoms with Gasteiger partial charge in [-0.05, 0) is 42.0 Å². The second-order valence-corrected chi connectivity index (χ2v) is 7.38. The van der Waals surface area contributed by atoms with Crippen molar-refractivity contribution in [2.45, 2.75) is 6.04 Å². The Kier molecular flexibility index (Phi) is 5.10. The van der Waals surface area contributed by atoms with Gasteiger partial charge in [0.25, 0.3) is 5.91 Å². The van der Waals surface area contributed by atoms with E-state index >= 15 is 0 Å². The average Bonchev–Trinajstić information content (AvgIpc) is 3.41. The Morgan fingerprint density at radius 1 is 1.21 bits per heavy atom. The first-order chi connectivity index (χ1) is 13.7. The van der Waals surface area contributed by atoms with Gasteiger partial charge in [0.2, 0.25) is 0 Å². The number of aromatic nitrogens is 2. The predicted octanol–water partition coefficient (Wildman–Crippen LogP) is 3.73. The number of benzene rings is 1. The highest BCUT2D eigenvalue weighted by molar-refractivity contribution is 7.17. The van der Waals surface area contributed by atoms with Crippen LogP contribution in [0.15, 0.2) is 60.9 Å². The van der Waals surface area contributed by atoms with E-state index in [-0.39, 0.29) is 11.9 Å². The number of fused-ring (bicyclic) bond motifs is 1. The Balaban J connectivity index is 1.54. The van der Waals surface area contributed by atoms with Crippen molar-refractivity contribution in [3.05, 3.63) is 71.4 Å². The van der Waals surface area contributed by atoms with Gasteiger partial charge in [0, 0.05) is 34.8 Å². The van der Waals surface area contributed by atoms with Crippen LogP contribution in [-0.4, -0.2) is 29.5 Å². The van der Waals surface area contributed by atoms with Crippen LogP contribution in [0.2, 0.25) is 0 Å². The highest BCUT2D eigenvalue weighted by Crippen LogP contribution is 2.33. The molecule has 4 rings (SSSR count). The highest BCUT2D eigenvalue weighted by atomic mass is 32.1. The SMILES string of the molecule is COc1ccc(C(CN)NC(=O)c2ccc(-c3ccnc4[nH]ccc34)s2)cc1. The maximum Gasteiger partial charge on any atom is 0.261 e. The van der Waals surface area contributed by atoms with Crippen molar-refractivity contribution < 1.29 is 9.53 Å². The van der Waals surface area contributed by atoms with Gasteiger partial charge in [0.05, 0.1) is 18.0 Å². The van der Waals surface area contributed by atoms with E-state index in [1.54, 1.807) is 13.3 Å². The van der Waals surface area contributed by atoms with Gasteiger partial charge in [0.1, 0.15) is 11.4 Å². The maximum atomic E-state index is 12.8. The van der Waals surface area contributed by atoms with Crippen LogP contribution in [0.1, 0.15) is 21.3 Å². The standard InChI is InChI=1S/C21H20N4O2S/c1-27-14-4-2-13(3-5-14)17(12-22)25-21(26)19-7-6-18(28-19)15-8-10-23-20-16(15)9-11-24-20/h2-11,17H,12,22H2,1H3,(H,23,24)(H,25,26). The molecule has 0 saturated carbocycles. The summed E-state index contributed by atoms with van der Waals surface area (Å²) in [7, 11) is 1.62. The van der Waals surface area contributed by atoms with Crippen LogP contribution in [-0.2, 0) is 0 Å². The number of methoxy groups -OCH3 is 1. The zero-order valence-corrected chi connectivity index (χ0v) is 16.1. The molecule has 1 unspecified atom stereocenters. The third-order valence-corrected chi connectivity index (χ3v) is 5.73. The number of hydrogen-bond acceptors (Lipinski definition) is 5. The number of thiophene rings is 1. The van der Waals surface area contributed by atoms with E-state index < -0.39 is 0 Å². The van der Waals surface area contributed by atoms with Crippen LogP contribution >= 0.6 is 11.3 Å². The Hall–Kier alpha value is -3.16. The number of aromatic amines is 1. The number of ether oxygens (including phenoxy) is 1. The van der Waals surface area contributed by atoms with E-state index in [1.165, 1.54) is 11.3 Å². The van der Waals surface area contributed by atoms with Crippen molar-refractivity contribution in [2.75, 3.05) is 13.7 Å². The molecule has 1 amide bonds. The second-order valence-electron chi connectivity index (χ2n) is 6.30. The van der Waals surface area contributed by atoms with Crippen molar-refractivity contribution in [3.63, 3.8) is 0 Å². The van der Waals surface area contributed by atoms with Gasteiger partial charge in [-0.1, -0.05) is 12.1 Å². The topological polar surface area (TPSA) is 93.0 Å². The Labute approximate surface area is 166 Å². The summed E-state index contributed by atoms with van der Waals surface area (Å²) in [6, 6.07) is 15.0. The third kappa shape index (κ3) is 3.49. The highest BCUT2D eigenvalue weighted by Gasteiger charge is 2.17. The van der Waals surface area contributed by atoms with Gasteiger partial charge >= 0.3 is 0 Å². The average molecular weight is 392 g/mol. The molecular formula is C21H20N4O2S. The van der Waals surface area contributed by atoms with Gasteiger partial charge in [-0.15, -0.1) is 11.3 Å². The summed E-state index contributed by atoms with van der Waals surface area (Å²) >= 11 is 1.45. The summed E-state index contributed by atoms with van der Waals surface area (Å²) in [6.07, 6.45) is 3.63. The van der Waals surface area contributed by atoms with Crippen LogP contribution in [0.4, 0.5) is 0 Å². The number of carbonyl (C=O) groups excluding carboxylic acids is 1. The molecule has 7 heteroatoms. The number of carbonyl (C=O) groups is 1. The molecular weight excluding hydrogens is 372 g/mol. The van der Waals surface area contributed by atoms with E-state index in [1.807, 2.05) is 54.7 Å².